The van der Waals surface area contributed by atoms with Gasteiger partial charge in [0, 0.05) is 79.9 Å². The van der Waals surface area contributed by atoms with E-state index in [1.165, 1.54) is 36.2 Å². The number of likely N-dealkylation sites (tertiary alicyclic amines) is 1. The van der Waals surface area contributed by atoms with Gasteiger partial charge in [0.15, 0.2) is 0 Å². The average Bonchev–Trinajstić information content (AvgIpc) is 3.54. The molecule has 0 bridgehead atoms. The number of benzene rings is 1. The zero-order valence-corrected chi connectivity index (χ0v) is 21.0. The number of aromatic amines is 1. The number of aromatic nitrogens is 3. The average molecular weight is 486 g/mol. The first-order chi connectivity index (χ1) is 17.6. The van der Waals surface area contributed by atoms with E-state index in [0.29, 0.717) is 13.0 Å². The maximum absolute atomic E-state index is 12.8. The molecule has 5 heterocycles. The van der Waals surface area contributed by atoms with E-state index < -0.39 is 0 Å². The molecular formula is C28H35N7O. The number of carbonyl (C=O) groups is 1. The number of amides is 1. The van der Waals surface area contributed by atoms with Gasteiger partial charge in [-0.05, 0) is 56.3 Å². The van der Waals surface area contributed by atoms with Crippen molar-refractivity contribution >= 4 is 28.2 Å². The molecule has 0 spiro atoms. The second kappa shape index (κ2) is 9.85. The van der Waals surface area contributed by atoms with E-state index in [-0.39, 0.29) is 5.91 Å². The van der Waals surface area contributed by atoms with Crippen molar-refractivity contribution in [3.63, 3.8) is 0 Å². The van der Waals surface area contributed by atoms with Gasteiger partial charge in [0.05, 0.1) is 24.0 Å². The summed E-state index contributed by atoms with van der Waals surface area (Å²) in [5.41, 5.74) is 6.90. The quantitative estimate of drug-likeness (QED) is 0.550. The highest BCUT2D eigenvalue weighted by molar-refractivity contribution is 5.86. The molecule has 0 saturated carbocycles. The van der Waals surface area contributed by atoms with Crippen LogP contribution in [0.2, 0.25) is 0 Å². The third-order valence-electron chi connectivity index (χ3n) is 7.76. The Bertz CT molecular complexity index is 1310. The predicted octanol–water partition coefficient (Wildman–Crippen LogP) is 4.12. The summed E-state index contributed by atoms with van der Waals surface area (Å²) in [5, 5.41) is 9.11. The van der Waals surface area contributed by atoms with Crippen molar-refractivity contribution in [2.45, 2.75) is 38.6 Å². The Labute approximate surface area is 212 Å². The molecule has 8 nitrogen and oxygen atoms in total. The molecule has 2 aromatic heterocycles. The molecule has 8 heteroatoms. The van der Waals surface area contributed by atoms with Crippen LogP contribution in [0.25, 0.3) is 16.6 Å². The smallest absolute Gasteiger partial charge is 0.224 e. The number of fused-ring (bicyclic) bond motifs is 2. The number of hydrogen-bond donors (Lipinski definition) is 2. The van der Waals surface area contributed by atoms with Crippen LogP contribution >= 0.6 is 0 Å². The highest BCUT2D eigenvalue weighted by Gasteiger charge is 2.25. The number of nitrogens with one attached hydrogen (secondary N) is 2. The Morgan fingerprint density at radius 2 is 2.03 bits per heavy atom. The van der Waals surface area contributed by atoms with Crippen LogP contribution in [-0.2, 0) is 18.4 Å². The number of rotatable bonds is 6. The molecule has 0 radical (unpaired) electrons. The lowest BCUT2D eigenvalue weighted by atomic mass is 10.1. The Morgan fingerprint density at radius 3 is 2.86 bits per heavy atom. The SMILES string of the molecule is Cn1ncc2cc(NC3=CN(C4=CCN(C(=O)CCN5CCCCC5)CC4)Cc4[nH]ccc43)ccc21. The maximum Gasteiger partial charge on any atom is 0.224 e. The van der Waals surface area contributed by atoms with Crippen LogP contribution in [0.4, 0.5) is 5.69 Å². The van der Waals surface area contributed by atoms with E-state index in [2.05, 4.69) is 61.7 Å². The normalized spacial score (nSPS) is 18.7. The van der Waals surface area contributed by atoms with E-state index in [1.807, 2.05) is 29.0 Å². The first-order valence-corrected chi connectivity index (χ1v) is 13.2. The van der Waals surface area contributed by atoms with Gasteiger partial charge in [-0.2, -0.15) is 5.10 Å². The van der Waals surface area contributed by atoms with E-state index in [0.717, 1.165) is 61.4 Å². The topological polar surface area (TPSA) is 72.4 Å². The molecular weight excluding hydrogens is 450 g/mol. The fourth-order valence-electron chi connectivity index (χ4n) is 5.65. The zero-order chi connectivity index (χ0) is 24.5. The second-order valence-corrected chi connectivity index (χ2v) is 10.1. The minimum absolute atomic E-state index is 0.282. The predicted molar refractivity (Wildman–Crippen MR) is 143 cm³/mol. The third kappa shape index (κ3) is 4.65. The van der Waals surface area contributed by atoms with Gasteiger partial charge >= 0.3 is 0 Å². The summed E-state index contributed by atoms with van der Waals surface area (Å²) in [4.78, 5) is 23.0. The molecule has 1 amide bonds. The molecule has 0 aliphatic carbocycles. The van der Waals surface area contributed by atoms with E-state index in [9.17, 15) is 4.79 Å². The number of anilines is 1. The monoisotopic (exact) mass is 485 g/mol. The van der Waals surface area contributed by atoms with Gasteiger partial charge in [0.2, 0.25) is 5.91 Å². The fourth-order valence-corrected chi connectivity index (χ4v) is 5.65. The number of aryl methyl sites for hydroxylation is 1. The second-order valence-electron chi connectivity index (χ2n) is 10.1. The number of carbonyl (C=O) groups excluding carboxylic acids is 1. The highest BCUT2D eigenvalue weighted by Crippen LogP contribution is 2.31. The Kier molecular flexibility index (Phi) is 6.27. The van der Waals surface area contributed by atoms with Crippen LogP contribution < -0.4 is 5.32 Å². The largest absolute Gasteiger partial charge is 0.363 e. The van der Waals surface area contributed by atoms with Crippen molar-refractivity contribution in [2.75, 3.05) is 38.0 Å². The number of H-pyrrole nitrogens is 1. The van der Waals surface area contributed by atoms with Crippen molar-refractivity contribution in [3.8, 4) is 0 Å². The summed E-state index contributed by atoms with van der Waals surface area (Å²) in [7, 11) is 1.96. The van der Waals surface area contributed by atoms with Crippen LogP contribution in [0.5, 0.6) is 0 Å². The standard InChI is InChI=1S/C28H35N7O/c1-32-27-6-5-22(17-21(27)18-30-32)31-26-20-35(19-25-24(26)7-11-29-25)23-8-15-34(16-9-23)28(36)10-14-33-12-3-2-4-13-33/h5-8,11,17-18,20,29,31H,2-4,9-10,12-16,19H2,1H3. The van der Waals surface area contributed by atoms with Gasteiger partial charge in [0.25, 0.3) is 0 Å². The minimum atomic E-state index is 0.282. The van der Waals surface area contributed by atoms with Gasteiger partial charge in [-0.3, -0.25) is 9.48 Å². The molecule has 0 unspecified atom stereocenters. The van der Waals surface area contributed by atoms with Gasteiger partial charge in [-0.25, -0.2) is 0 Å². The molecule has 6 rings (SSSR count). The van der Waals surface area contributed by atoms with Crippen molar-refractivity contribution in [2.24, 2.45) is 7.05 Å². The zero-order valence-electron chi connectivity index (χ0n) is 21.0. The van der Waals surface area contributed by atoms with E-state index in [4.69, 9.17) is 0 Å². The lowest BCUT2D eigenvalue weighted by Gasteiger charge is -2.34. The summed E-state index contributed by atoms with van der Waals surface area (Å²) < 4.78 is 1.89. The first-order valence-electron chi connectivity index (χ1n) is 13.2. The Morgan fingerprint density at radius 1 is 1.14 bits per heavy atom. The number of nitrogens with zero attached hydrogens (tertiary/aromatic N) is 5. The summed E-state index contributed by atoms with van der Waals surface area (Å²) in [6.45, 7) is 5.47. The molecule has 2 N–H and O–H groups in total. The van der Waals surface area contributed by atoms with Crippen molar-refractivity contribution in [1.82, 2.24) is 29.5 Å². The molecule has 1 fully saturated rings. The van der Waals surface area contributed by atoms with Crippen LogP contribution in [-0.4, -0.2) is 68.1 Å². The molecule has 3 aliphatic heterocycles. The van der Waals surface area contributed by atoms with E-state index >= 15 is 0 Å². The molecule has 1 saturated heterocycles. The molecule has 3 aliphatic rings. The molecule has 36 heavy (non-hydrogen) atoms. The third-order valence-corrected chi connectivity index (χ3v) is 7.76. The minimum Gasteiger partial charge on any atom is -0.363 e. The van der Waals surface area contributed by atoms with Crippen LogP contribution in [0, 0.1) is 0 Å². The Hall–Kier alpha value is -3.52. The lowest BCUT2D eigenvalue weighted by Crippen LogP contribution is -2.39. The van der Waals surface area contributed by atoms with Gasteiger partial charge in [-0.15, -0.1) is 0 Å². The lowest BCUT2D eigenvalue weighted by molar-refractivity contribution is -0.131. The van der Waals surface area contributed by atoms with Crippen molar-refractivity contribution in [3.05, 3.63) is 65.9 Å². The molecule has 3 aromatic rings. The molecule has 188 valence electrons. The summed E-state index contributed by atoms with van der Waals surface area (Å²) >= 11 is 0. The van der Waals surface area contributed by atoms with Crippen molar-refractivity contribution < 1.29 is 4.79 Å². The summed E-state index contributed by atoms with van der Waals surface area (Å²) in [6.07, 6.45) is 13.7. The van der Waals surface area contributed by atoms with Crippen LogP contribution in [0.3, 0.4) is 0 Å². The summed E-state index contributed by atoms with van der Waals surface area (Å²) in [5.74, 6) is 0.282. The van der Waals surface area contributed by atoms with Crippen LogP contribution in [0.1, 0.15) is 43.4 Å². The van der Waals surface area contributed by atoms with Gasteiger partial charge in [-0.1, -0.05) is 6.42 Å². The van der Waals surface area contributed by atoms with Gasteiger partial charge < -0.3 is 25.0 Å². The summed E-state index contributed by atoms with van der Waals surface area (Å²) in [6, 6.07) is 8.47. The van der Waals surface area contributed by atoms with Crippen LogP contribution in [0.15, 0.2) is 54.6 Å². The molecule has 1 aromatic carbocycles. The maximum atomic E-state index is 12.8. The fraction of sp³-hybridized carbons (Fsp3) is 0.429. The first kappa shape index (κ1) is 22.9. The van der Waals surface area contributed by atoms with Crippen molar-refractivity contribution in [1.29, 1.82) is 0 Å². The van der Waals surface area contributed by atoms with Gasteiger partial charge in [0.1, 0.15) is 0 Å². The Balaban J connectivity index is 1.13. The molecule has 0 atom stereocenters. The highest BCUT2D eigenvalue weighted by atomic mass is 16.2. The number of piperidine rings is 1. The van der Waals surface area contributed by atoms with E-state index in [1.54, 1.807) is 0 Å². The number of hydrogen-bond acceptors (Lipinski definition) is 5.